The van der Waals surface area contributed by atoms with Crippen molar-refractivity contribution < 1.29 is 13.9 Å². The Bertz CT molecular complexity index is 818. The molecule has 7 heteroatoms. The van der Waals surface area contributed by atoms with Gasteiger partial charge in [0.15, 0.2) is 0 Å². The summed E-state index contributed by atoms with van der Waals surface area (Å²) >= 11 is 0. The molecule has 1 heterocycles. The third-order valence-electron chi connectivity index (χ3n) is 5.67. The van der Waals surface area contributed by atoms with E-state index < -0.39 is 0 Å². The largest absolute Gasteiger partial charge is 0.378 e. The Balaban J connectivity index is 1.68. The Kier molecular flexibility index (Phi) is 8.26. The van der Waals surface area contributed by atoms with Crippen molar-refractivity contribution in [3.8, 4) is 0 Å². The highest BCUT2D eigenvalue weighted by Crippen LogP contribution is 2.26. The van der Waals surface area contributed by atoms with Gasteiger partial charge in [-0.1, -0.05) is 12.1 Å². The molecule has 0 spiro atoms. The fourth-order valence-corrected chi connectivity index (χ4v) is 3.85. The molecule has 0 saturated carbocycles. The number of carbonyl (C=O) groups excluding carboxylic acids is 1. The number of anilines is 2. The molecule has 1 N–H and O–H groups in total. The highest BCUT2D eigenvalue weighted by atomic mass is 19.1. The van der Waals surface area contributed by atoms with E-state index in [9.17, 15) is 9.18 Å². The number of rotatable bonds is 9. The number of carbonyl (C=O) groups is 1. The molecule has 168 valence electrons. The van der Waals surface area contributed by atoms with Gasteiger partial charge in [0.2, 0.25) is 5.91 Å². The molecular formula is C24H33FN4O2. The van der Waals surface area contributed by atoms with Gasteiger partial charge in [-0.25, -0.2) is 4.39 Å². The van der Waals surface area contributed by atoms with E-state index >= 15 is 0 Å². The summed E-state index contributed by atoms with van der Waals surface area (Å²) in [6, 6.07) is 15.2. The first-order valence-corrected chi connectivity index (χ1v) is 10.8. The molecule has 3 rings (SSSR count). The van der Waals surface area contributed by atoms with E-state index in [-0.39, 0.29) is 24.4 Å². The predicted octanol–water partition coefficient (Wildman–Crippen LogP) is 2.91. The minimum absolute atomic E-state index is 0.0807. The molecule has 1 aliphatic rings. The smallest absolute Gasteiger partial charge is 0.246 e. The van der Waals surface area contributed by atoms with E-state index in [0.29, 0.717) is 13.2 Å². The number of hydrogen-bond donors (Lipinski definition) is 1. The maximum absolute atomic E-state index is 13.2. The average Bonchev–Trinajstić information content (AvgIpc) is 2.79. The zero-order valence-corrected chi connectivity index (χ0v) is 18.7. The lowest BCUT2D eigenvalue weighted by Gasteiger charge is -2.40. The molecule has 0 bridgehead atoms. The van der Waals surface area contributed by atoms with E-state index in [1.807, 2.05) is 33.2 Å². The van der Waals surface area contributed by atoms with Gasteiger partial charge < -0.3 is 19.9 Å². The van der Waals surface area contributed by atoms with Crippen LogP contribution in [0, 0.1) is 5.82 Å². The zero-order valence-electron chi connectivity index (χ0n) is 18.7. The first kappa shape index (κ1) is 23.0. The molecule has 1 unspecified atom stereocenters. The summed E-state index contributed by atoms with van der Waals surface area (Å²) in [6.45, 7) is 6.44. The number of nitrogens with zero attached hydrogens (tertiary/aromatic N) is 3. The molecule has 1 fully saturated rings. The number of nitrogens with one attached hydrogen (secondary N) is 1. The maximum Gasteiger partial charge on any atom is 0.246 e. The Labute approximate surface area is 184 Å². The SMILES string of the molecule is CCOCC(=O)NCC(c1ccc(N(C)C)cc1)N1CCN(c2ccc(F)cc2)CC1. The summed E-state index contributed by atoms with van der Waals surface area (Å²) in [5, 5.41) is 3.03. The molecule has 1 atom stereocenters. The summed E-state index contributed by atoms with van der Waals surface area (Å²) in [7, 11) is 4.05. The molecular weight excluding hydrogens is 395 g/mol. The minimum atomic E-state index is -0.216. The van der Waals surface area contributed by atoms with Gasteiger partial charge in [-0.3, -0.25) is 9.69 Å². The molecule has 1 amide bonds. The van der Waals surface area contributed by atoms with Gasteiger partial charge in [-0.15, -0.1) is 0 Å². The summed E-state index contributed by atoms with van der Waals surface area (Å²) in [5.41, 5.74) is 3.36. The molecule has 2 aromatic carbocycles. The minimum Gasteiger partial charge on any atom is -0.378 e. The molecule has 0 radical (unpaired) electrons. The normalized spacial score (nSPS) is 15.5. The van der Waals surface area contributed by atoms with Crippen molar-refractivity contribution >= 4 is 17.3 Å². The van der Waals surface area contributed by atoms with Gasteiger partial charge in [0.1, 0.15) is 12.4 Å². The second-order valence-corrected chi connectivity index (χ2v) is 7.94. The fraction of sp³-hybridized carbons (Fsp3) is 0.458. The molecule has 0 aliphatic carbocycles. The van der Waals surface area contributed by atoms with Crippen LogP contribution in [0.3, 0.4) is 0 Å². The standard InChI is InChI=1S/C24H33FN4O2/c1-4-31-18-24(30)26-17-23(19-5-9-21(10-6-19)27(2)3)29-15-13-28(14-16-29)22-11-7-20(25)8-12-22/h5-12,23H,4,13-18H2,1-3H3,(H,26,30). The first-order chi connectivity index (χ1) is 15.0. The van der Waals surface area contributed by atoms with Crippen LogP contribution in [-0.4, -0.2) is 70.8 Å². The third kappa shape index (κ3) is 6.42. The lowest BCUT2D eigenvalue weighted by molar-refractivity contribution is -0.125. The van der Waals surface area contributed by atoms with Crippen molar-refractivity contribution in [1.29, 1.82) is 0 Å². The second-order valence-electron chi connectivity index (χ2n) is 7.94. The Morgan fingerprint density at radius 1 is 1.06 bits per heavy atom. The summed E-state index contributed by atoms with van der Waals surface area (Å²) in [6.07, 6.45) is 0. The lowest BCUT2D eigenvalue weighted by Crippen LogP contribution is -2.50. The van der Waals surface area contributed by atoms with Gasteiger partial charge in [0.05, 0.1) is 6.04 Å². The number of piperazine rings is 1. The van der Waals surface area contributed by atoms with Gasteiger partial charge in [0.25, 0.3) is 0 Å². The van der Waals surface area contributed by atoms with E-state index in [1.54, 1.807) is 0 Å². The summed E-state index contributed by atoms with van der Waals surface area (Å²) in [4.78, 5) is 18.9. The van der Waals surface area contributed by atoms with Gasteiger partial charge >= 0.3 is 0 Å². The second kappa shape index (κ2) is 11.1. The number of amides is 1. The first-order valence-electron chi connectivity index (χ1n) is 10.8. The highest BCUT2D eigenvalue weighted by molar-refractivity contribution is 5.77. The van der Waals surface area contributed by atoms with Crippen LogP contribution < -0.4 is 15.1 Å². The monoisotopic (exact) mass is 428 g/mol. The molecule has 0 aromatic heterocycles. The van der Waals surface area contributed by atoms with Crippen LogP contribution >= 0.6 is 0 Å². The number of hydrogen-bond acceptors (Lipinski definition) is 5. The van der Waals surface area contributed by atoms with Crippen LogP contribution in [0.5, 0.6) is 0 Å². The molecule has 2 aromatic rings. The van der Waals surface area contributed by atoms with Crippen LogP contribution in [0.25, 0.3) is 0 Å². The lowest BCUT2D eigenvalue weighted by atomic mass is 10.0. The zero-order chi connectivity index (χ0) is 22.2. The molecule has 1 saturated heterocycles. The van der Waals surface area contributed by atoms with Gasteiger partial charge in [-0.05, 0) is 48.9 Å². The average molecular weight is 429 g/mol. The maximum atomic E-state index is 13.2. The molecule has 31 heavy (non-hydrogen) atoms. The Hall–Kier alpha value is -2.64. The Morgan fingerprint density at radius 2 is 1.71 bits per heavy atom. The third-order valence-corrected chi connectivity index (χ3v) is 5.67. The van der Waals surface area contributed by atoms with Crippen molar-refractivity contribution in [3.63, 3.8) is 0 Å². The quantitative estimate of drug-likeness (QED) is 0.666. The summed E-state index contributed by atoms with van der Waals surface area (Å²) < 4.78 is 18.5. The van der Waals surface area contributed by atoms with E-state index in [1.165, 1.54) is 17.7 Å². The van der Waals surface area contributed by atoms with Crippen LogP contribution in [-0.2, 0) is 9.53 Å². The van der Waals surface area contributed by atoms with Crippen molar-refractivity contribution in [1.82, 2.24) is 10.2 Å². The van der Waals surface area contributed by atoms with Crippen molar-refractivity contribution in [2.45, 2.75) is 13.0 Å². The number of benzene rings is 2. The predicted molar refractivity (Wildman–Crippen MR) is 123 cm³/mol. The van der Waals surface area contributed by atoms with Crippen molar-refractivity contribution in [2.75, 3.05) is 69.8 Å². The molecule has 6 nitrogen and oxygen atoms in total. The van der Waals surface area contributed by atoms with Crippen LogP contribution in [0.15, 0.2) is 48.5 Å². The van der Waals surface area contributed by atoms with Crippen molar-refractivity contribution in [3.05, 3.63) is 59.9 Å². The topological polar surface area (TPSA) is 48.1 Å². The van der Waals surface area contributed by atoms with E-state index in [2.05, 4.69) is 44.3 Å². The number of ether oxygens (including phenoxy) is 1. The summed E-state index contributed by atoms with van der Waals surface area (Å²) in [5.74, 6) is -0.312. The van der Waals surface area contributed by atoms with Gasteiger partial charge in [-0.2, -0.15) is 0 Å². The van der Waals surface area contributed by atoms with E-state index in [0.717, 1.165) is 37.6 Å². The van der Waals surface area contributed by atoms with Crippen LogP contribution in [0.2, 0.25) is 0 Å². The van der Waals surface area contributed by atoms with Gasteiger partial charge in [0, 0.05) is 64.8 Å². The molecule has 1 aliphatic heterocycles. The van der Waals surface area contributed by atoms with Crippen molar-refractivity contribution in [2.24, 2.45) is 0 Å². The van der Waals surface area contributed by atoms with E-state index in [4.69, 9.17) is 4.74 Å². The Morgan fingerprint density at radius 3 is 2.29 bits per heavy atom. The highest BCUT2D eigenvalue weighted by Gasteiger charge is 2.26. The van der Waals surface area contributed by atoms with Crippen LogP contribution in [0.1, 0.15) is 18.5 Å². The van der Waals surface area contributed by atoms with Crippen LogP contribution in [0.4, 0.5) is 15.8 Å². The fourth-order valence-electron chi connectivity index (χ4n) is 3.85. The number of halogens is 1.